The van der Waals surface area contributed by atoms with Gasteiger partial charge in [-0.25, -0.2) is 9.89 Å². The summed E-state index contributed by atoms with van der Waals surface area (Å²) >= 11 is 0. The molecule has 1 fully saturated rings. The SMILES string of the molecule is C[C@@H](OC(=O)c1n[nH]c(=O)c2ccccc12)C(=O)NC1(C#N)CCCCC1. The zero-order valence-electron chi connectivity index (χ0n) is 14.9. The molecule has 1 aliphatic rings. The number of nitrogens with one attached hydrogen (secondary N) is 2. The lowest BCUT2D eigenvalue weighted by Gasteiger charge is -2.32. The van der Waals surface area contributed by atoms with Crippen molar-refractivity contribution >= 4 is 22.6 Å². The van der Waals surface area contributed by atoms with Crippen molar-refractivity contribution in [3.8, 4) is 6.07 Å². The minimum atomic E-state index is -1.10. The molecular weight excluding hydrogens is 348 g/mol. The quantitative estimate of drug-likeness (QED) is 0.793. The van der Waals surface area contributed by atoms with E-state index < -0.39 is 29.1 Å². The number of amides is 1. The summed E-state index contributed by atoms with van der Waals surface area (Å²) in [6, 6.07) is 8.71. The minimum Gasteiger partial charge on any atom is -0.448 e. The van der Waals surface area contributed by atoms with Gasteiger partial charge in [-0.3, -0.25) is 9.59 Å². The normalized spacial score (nSPS) is 16.9. The van der Waals surface area contributed by atoms with E-state index in [0.29, 0.717) is 23.6 Å². The highest BCUT2D eigenvalue weighted by atomic mass is 16.5. The third-order valence-corrected chi connectivity index (χ3v) is 4.83. The van der Waals surface area contributed by atoms with Crippen LogP contribution < -0.4 is 10.9 Å². The lowest BCUT2D eigenvalue weighted by atomic mass is 9.83. The number of hydrogen-bond donors (Lipinski definition) is 2. The Bertz CT molecular complexity index is 970. The van der Waals surface area contributed by atoms with E-state index in [1.165, 1.54) is 6.92 Å². The smallest absolute Gasteiger partial charge is 0.360 e. The number of carbonyl (C=O) groups excluding carboxylic acids is 2. The molecule has 0 aliphatic heterocycles. The van der Waals surface area contributed by atoms with Gasteiger partial charge in [0.2, 0.25) is 0 Å². The van der Waals surface area contributed by atoms with E-state index in [9.17, 15) is 19.6 Å². The molecule has 2 N–H and O–H groups in total. The second-order valence-electron chi connectivity index (χ2n) is 6.74. The topological polar surface area (TPSA) is 125 Å². The molecule has 1 heterocycles. The molecule has 1 saturated carbocycles. The molecule has 1 atom stereocenters. The fourth-order valence-electron chi connectivity index (χ4n) is 3.30. The number of esters is 1. The maximum Gasteiger partial charge on any atom is 0.360 e. The highest BCUT2D eigenvalue weighted by Gasteiger charge is 2.35. The Morgan fingerprint density at radius 2 is 1.93 bits per heavy atom. The van der Waals surface area contributed by atoms with Crippen molar-refractivity contribution in [2.24, 2.45) is 0 Å². The molecule has 8 heteroatoms. The van der Waals surface area contributed by atoms with Crippen molar-refractivity contribution in [2.45, 2.75) is 50.7 Å². The second kappa shape index (κ2) is 7.58. The Balaban J connectivity index is 1.74. The van der Waals surface area contributed by atoms with Gasteiger partial charge in [-0.1, -0.05) is 37.5 Å². The Kier molecular flexibility index (Phi) is 5.21. The molecule has 1 amide bonds. The lowest BCUT2D eigenvalue weighted by molar-refractivity contribution is -0.130. The van der Waals surface area contributed by atoms with Crippen LogP contribution >= 0.6 is 0 Å². The molecule has 0 radical (unpaired) electrons. The number of fused-ring (bicyclic) bond motifs is 1. The Morgan fingerprint density at radius 3 is 2.59 bits per heavy atom. The number of aromatic nitrogens is 2. The number of H-pyrrole nitrogens is 1. The number of nitriles is 1. The highest BCUT2D eigenvalue weighted by molar-refractivity contribution is 6.02. The average Bonchev–Trinajstić information content (AvgIpc) is 2.69. The first kappa shape index (κ1) is 18.6. The number of benzene rings is 1. The maximum atomic E-state index is 12.5. The summed E-state index contributed by atoms with van der Waals surface area (Å²) in [7, 11) is 0. The van der Waals surface area contributed by atoms with Crippen LogP contribution in [-0.2, 0) is 9.53 Å². The monoisotopic (exact) mass is 368 g/mol. The average molecular weight is 368 g/mol. The molecule has 1 aliphatic carbocycles. The highest BCUT2D eigenvalue weighted by Crippen LogP contribution is 2.27. The third-order valence-electron chi connectivity index (χ3n) is 4.83. The van der Waals surface area contributed by atoms with Crippen LogP contribution in [0.5, 0.6) is 0 Å². The molecule has 3 rings (SSSR count). The molecule has 27 heavy (non-hydrogen) atoms. The molecule has 1 aromatic carbocycles. The van der Waals surface area contributed by atoms with Crippen molar-refractivity contribution in [1.29, 1.82) is 5.26 Å². The molecule has 0 saturated heterocycles. The van der Waals surface area contributed by atoms with Crippen LogP contribution in [0.2, 0.25) is 0 Å². The Labute approximate surface area is 155 Å². The third kappa shape index (κ3) is 3.82. The van der Waals surface area contributed by atoms with Gasteiger partial charge in [-0.05, 0) is 25.8 Å². The number of hydrogen-bond acceptors (Lipinski definition) is 6. The van der Waals surface area contributed by atoms with Gasteiger partial charge in [0.05, 0.1) is 11.5 Å². The first-order chi connectivity index (χ1) is 13.0. The lowest BCUT2D eigenvalue weighted by Crippen LogP contribution is -2.52. The van der Waals surface area contributed by atoms with E-state index >= 15 is 0 Å². The van der Waals surface area contributed by atoms with Crippen molar-refractivity contribution in [3.05, 3.63) is 40.3 Å². The van der Waals surface area contributed by atoms with Gasteiger partial charge in [0.15, 0.2) is 11.8 Å². The fourth-order valence-corrected chi connectivity index (χ4v) is 3.30. The summed E-state index contributed by atoms with van der Waals surface area (Å²) in [6.07, 6.45) is 2.85. The van der Waals surface area contributed by atoms with E-state index in [1.807, 2.05) is 0 Å². The number of ether oxygens (including phenoxy) is 1. The number of rotatable bonds is 4. The number of nitrogens with zero attached hydrogens (tertiary/aromatic N) is 2. The van der Waals surface area contributed by atoms with Crippen LogP contribution in [0.4, 0.5) is 0 Å². The predicted molar refractivity (Wildman–Crippen MR) is 96.8 cm³/mol. The Morgan fingerprint density at radius 1 is 1.26 bits per heavy atom. The molecule has 2 aromatic rings. The van der Waals surface area contributed by atoms with E-state index in [4.69, 9.17) is 4.74 Å². The van der Waals surface area contributed by atoms with Gasteiger partial charge in [-0.15, -0.1) is 0 Å². The largest absolute Gasteiger partial charge is 0.448 e. The van der Waals surface area contributed by atoms with Crippen LogP contribution in [0.1, 0.15) is 49.5 Å². The van der Waals surface area contributed by atoms with Crippen LogP contribution in [-0.4, -0.2) is 33.7 Å². The van der Waals surface area contributed by atoms with Crippen molar-refractivity contribution in [3.63, 3.8) is 0 Å². The zero-order valence-corrected chi connectivity index (χ0v) is 14.9. The van der Waals surface area contributed by atoms with E-state index in [-0.39, 0.29) is 5.69 Å². The molecule has 140 valence electrons. The van der Waals surface area contributed by atoms with Crippen molar-refractivity contribution < 1.29 is 14.3 Å². The molecule has 0 spiro atoms. The van der Waals surface area contributed by atoms with Crippen LogP contribution in [0.3, 0.4) is 0 Å². The first-order valence-corrected chi connectivity index (χ1v) is 8.87. The minimum absolute atomic E-state index is 0.0717. The van der Waals surface area contributed by atoms with Crippen LogP contribution in [0.25, 0.3) is 10.8 Å². The van der Waals surface area contributed by atoms with E-state index in [2.05, 4.69) is 21.6 Å². The molecular formula is C19H20N4O4. The molecule has 8 nitrogen and oxygen atoms in total. The summed E-state index contributed by atoms with van der Waals surface area (Å²) in [6.45, 7) is 1.44. The fraction of sp³-hybridized carbons (Fsp3) is 0.421. The summed E-state index contributed by atoms with van der Waals surface area (Å²) < 4.78 is 5.23. The maximum absolute atomic E-state index is 12.5. The van der Waals surface area contributed by atoms with Crippen molar-refractivity contribution in [1.82, 2.24) is 15.5 Å². The Hall–Kier alpha value is -3.21. The number of carbonyl (C=O) groups is 2. The van der Waals surface area contributed by atoms with E-state index in [1.54, 1.807) is 24.3 Å². The zero-order chi connectivity index (χ0) is 19.4. The first-order valence-electron chi connectivity index (χ1n) is 8.87. The molecule has 1 aromatic heterocycles. The van der Waals surface area contributed by atoms with Crippen LogP contribution in [0, 0.1) is 11.3 Å². The molecule has 0 unspecified atom stereocenters. The number of aromatic amines is 1. The standard InChI is InChI=1S/C19H20N4O4/c1-12(16(24)21-19(11-20)9-5-2-6-10-19)27-18(26)15-13-7-3-4-8-14(13)17(25)23-22-15/h3-4,7-8,12H,2,5-6,9-10H2,1H3,(H,21,24)(H,23,25)/t12-/m1/s1. The van der Waals surface area contributed by atoms with E-state index in [0.717, 1.165) is 19.3 Å². The summed E-state index contributed by atoms with van der Waals surface area (Å²) in [5.41, 5.74) is -1.39. The van der Waals surface area contributed by atoms with Gasteiger partial charge >= 0.3 is 5.97 Å². The summed E-state index contributed by atoms with van der Waals surface area (Å²) in [4.78, 5) is 36.7. The van der Waals surface area contributed by atoms with Gasteiger partial charge in [0.1, 0.15) is 5.54 Å². The van der Waals surface area contributed by atoms with Crippen LogP contribution in [0.15, 0.2) is 29.1 Å². The second-order valence-corrected chi connectivity index (χ2v) is 6.74. The van der Waals surface area contributed by atoms with Gasteiger partial charge in [-0.2, -0.15) is 10.4 Å². The predicted octanol–water partition coefficient (Wildman–Crippen LogP) is 1.81. The summed E-state index contributed by atoms with van der Waals surface area (Å²) in [5, 5.41) is 18.9. The molecule has 0 bridgehead atoms. The van der Waals surface area contributed by atoms with Gasteiger partial charge in [0.25, 0.3) is 11.5 Å². The van der Waals surface area contributed by atoms with Gasteiger partial charge in [0, 0.05) is 5.39 Å². The summed E-state index contributed by atoms with van der Waals surface area (Å²) in [5.74, 6) is -1.35. The van der Waals surface area contributed by atoms with Gasteiger partial charge < -0.3 is 10.1 Å². The van der Waals surface area contributed by atoms with Crippen molar-refractivity contribution in [2.75, 3.05) is 0 Å².